The molecule has 6 aliphatic carbocycles. The predicted octanol–water partition coefficient (Wildman–Crippen LogP) is 3.04. The Morgan fingerprint density at radius 1 is 0.679 bits per heavy atom. The van der Waals surface area contributed by atoms with Gasteiger partial charge in [0.15, 0.2) is 0 Å². The molecule has 0 aromatic heterocycles. The Labute approximate surface area is 170 Å². The molecule has 0 aliphatic heterocycles. The Morgan fingerprint density at radius 3 is 1.46 bits per heavy atom. The highest BCUT2D eigenvalue weighted by Crippen LogP contribution is 2.72. The minimum Gasteiger partial charge on any atom is -0.392 e. The number of aliphatic hydroxyl groups is 2. The number of hydrogen-bond acceptors (Lipinski definition) is 4. The summed E-state index contributed by atoms with van der Waals surface area (Å²) in [7, 11) is 0. The van der Waals surface area contributed by atoms with Gasteiger partial charge in [0.1, 0.15) is 0 Å². The van der Waals surface area contributed by atoms with E-state index in [0.717, 1.165) is 37.5 Å². The summed E-state index contributed by atoms with van der Waals surface area (Å²) in [5.74, 6) is 3.96. The van der Waals surface area contributed by atoms with Crippen LogP contribution in [0.4, 0.5) is 0 Å². The number of aliphatic hydroxyl groups excluding tert-OH is 2. The van der Waals surface area contributed by atoms with Gasteiger partial charge in [-0.15, -0.1) is 0 Å². The first-order valence-corrected chi connectivity index (χ1v) is 12.1. The van der Waals surface area contributed by atoms with Crippen molar-refractivity contribution >= 4 is 0 Å². The van der Waals surface area contributed by atoms with Crippen LogP contribution in [0, 0.1) is 46.3 Å². The lowest BCUT2D eigenvalue weighted by molar-refractivity contribution is -0.190. The summed E-state index contributed by atoms with van der Waals surface area (Å²) in [6.07, 6.45) is 11.9. The summed E-state index contributed by atoms with van der Waals surface area (Å²) in [5, 5.41) is 20.7. The van der Waals surface area contributed by atoms with Crippen molar-refractivity contribution in [2.24, 2.45) is 57.8 Å². The fraction of sp³-hybridized carbons (Fsp3) is 1.00. The quantitative estimate of drug-likeness (QED) is 0.583. The maximum atomic E-state index is 10.3. The first-order valence-electron chi connectivity index (χ1n) is 12.1. The predicted molar refractivity (Wildman–Crippen MR) is 111 cm³/mol. The first-order chi connectivity index (χ1) is 13.2. The van der Waals surface area contributed by atoms with Crippen molar-refractivity contribution in [3.8, 4) is 0 Å². The van der Waals surface area contributed by atoms with Crippen LogP contribution in [0.2, 0.25) is 0 Å². The Morgan fingerprint density at radius 2 is 1.07 bits per heavy atom. The van der Waals surface area contributed by atoms with Crippen molar-refractivity contribution in [2.45, 2.75) is 102 Å². The van der Waals surface area contributed by atoms with Crippen LogP contribution in [0.15, 0.2) is 0 Å². The molecule has 8 unspecified atom stereocenters. The van der Waals surface area contributed by atoms with E-state index in [9.17, 15) is 10.2 Å². The standard InChI is InChI=1S/C24H42N2O2/c1-13-17(3-5-19(27)21(13)25)23-8-15-7-16(9-23)11-24(10-15,12-23)18-4-6-20(28)22(26)14(18)2/h13-22,27-28H,3-12,25-26H2,1-2H3. The van der Waals surface area contributed by atoms with Gasteiger partial charge < -0.3 is 21.7 Å². The third-order valence-electron chi connectivity index (χ3n) is 10.6. The molecule has 6 saturated carbocycles. The van der Waals surface area contributed by atoms with Crippen LogP contribution in [0.5, 0.6) is 0 Å². The molecular formula is C24H42N2O2. The Hall–Kier alpha value is -0.160. The highest BCUT2D eigenvalue weighted by Gasteiger charge is 2.64. The average molecular weight is 391 g/mol. The van der Waals surface area contributed by atoms with Gasteiger partial charge in [-0.25, -0.2) is 0 Å². The molecule has 6 aliphatic rings. The maximum Gasteiger partial charge on any atom is 0.0693 e. The van der Waals surface area contributed by atoms with E-state index in [1.165, 1.54) is 38.5 Å². The molecule has 0 amide bonds. The van der Waals surface area contributed by atoms with Crippen LogP contribution >= 0.6 is 0 Å². The van der Waals surface area contributed by atoms with Gasteiger partial charge in [-0.2, -0.15) is 0 Å². The molecule has 0 heterocycles. The van der Waals surface area contributed by atoms with Gasteiger partial charge in [0.05, 0.1) is 12.2 Å². The molecule has 160 valence electrons. The lowest BCUT2D eigenvalue weighted by atomic mass is 9.36. The minimum absolute atomic E-state index is 0.0557. The summed E-state index contributed by atoms with van der Waals surface area (Å²) >= 11 is 0. The van der Waals surface area contributed by atoms with Crippen LogP contribution in [-0.2, 0) is 0 Å². The third kappa shape index (κ3) is 2.77. The molecule has 0 spiro atoms. The van der Waals surface area contributed by atoms with Crippen molar-refractivity contribution in [3.05, 3.63) is 0 Å². The summed E-state index contributed by atoms with van der Waals surface area (Å²) in [6, 6.07) is -0.111. The zero-order valence-electron chi connectivity index (χ0n) is 17.9. The molecule has 0 aromatic rings. The monoisotopic (exact) mass is 390 g/mol. The summed E-state index contributed by atoms with van der Waals surface area (Å²) in [5.41, 5.74) is 13.8. The topological polar surface area (TPSA) is 92.5 Å². The molecular weight excluding hydrogens is 348 g/mol. The summed E-state index contributed by atoms with van der Waals surface area (Å²) in [4.78, 5) is 0. The second kappa shape index (κ2) is 6.67. The molecule has 6 rings (SSSR count). The molecule has 0 aromatic carbocycles. The molecule has 4 heteroatoms. The van der Waals surface area contributed by atoms with Gasteiger partial charge in [-0.1, -0.05) is 13.8 Å². The fourth-order valence-electron chi connectivity index (χ4n) is 9.85. The normalized spacial score (nSPS) is 61.5. The SMILES string of the molecule is CC1C(N)C(O)CCC1C12CC3CC(C1)CC(C1CCC(O)C(N)C1C)(C3)C2. The Balaban J connectivity index is 1.46. The highest BCUT2D eigenvalue weighted by molar-refractivity contribution is 5.14. The van der Waals surface area contributed by atoms with Gasteiger partial charge in [0.25, 0.3) is 0 Å². The van der Waals surface area contributed by atoms with Crippen LogP contribution in [-0.4, -0.2) is 34.5 Å². The Kier molecular flexibility index (Phi) is 4.71. The van der Waals surface area contributed by atoms with E-state index in [-0.39, 0.29) is 24.3 Å². The van der Waals surface area contributed by atoms with Gasteiger partial charge in [0.2, 0.25) is 0 Å². The van der Waals surface area contributed by atoms with Gasteiger partial charge in [0, 0.05) is 12.1 Å². The van der Waals surface area contributed by atoms with E-state index in [1.807, 2.05) is 0 Å². The van der Waals surface area contributed by atoms with E-state index in [2.05, 4.69) is 13.8 Å². The van der Waals surface area contributed by atoms with Crippen molar-refractivity contribution < 1.29 is 10.2 Å². The molecule has 4 nitrogen and oxygen atoms in total. The second-order valence-corrected chi connectivity index (χ2v) is 12.1. The van der Waals surface area contributed by atoms with Crippen molar-refractivity contribution in [1.29, 1.82) is 0 Å². The Bertz CT molecular complexity index is 547. The second-order valence-electron chi connectivity index (χ2n) is 12.1. The lowest BCUT2D eigenvalue weighted by Crippen LogP contribution is -2.62. The van der Waals surface area contributed by atoms with E-state index in [0.29, 0.717) is 34.5 Å². The molecule has 8 atom stereocenters. The molecule has 4 bridgehead atoms. The van der Waals surface area contributed by atoms with Crippen LogP contribution < -0.4 is 11.5 Å². The smallest absolute Gasteiger partial charge is 0.0693 e. The number of nitrogens with two attached hydrogens (primary N) is 2. The van der Waals surface area contributed by atoms with Crippen LogP contribution in [0.1, 0.15) is 78.1 Å². The molecule has 28 heavy (non-hydrogen) atoms. The highest BCUT2D eigenvalue weighted by atomic mass is 16.3. The largest absolute Gasteiger partial charge is 0.392 e. The molecule has 0 radical (unpaired) electrons. The summed E-state index contributed by atoms with van der Waals surface area (Å²) < 4.78 is 0. The zero-order chi connectivity index (χ0) is 19.8. The maximum absolute atomic E-state index is 10.3. The zero-order valence-corrected chi connectivity index (χ0v) is 17.9. The summed E-state index contributed by atoms with van der Waals surface area (Å²) in [6.45, 7) is 4.64. The van der Waals surface area contributed by atoms with Gasteiger partial charge in [-0.05, 0) is 111 Å². The van der Waals surface area contributed by atoms with Gasteiger partial charge in [-0.3, -0.25) is 0 Å². The fourth-order valence-corrected chi connectivity index (χ4v) is 9.85. The van der Waals surface area contributed by atoms with Crippen LogP contribution in [0.25, 0.3) is 0 Å². The lowest BCUT2D eigenvalue weighted by Gasteiger charge is -2.69. The molecule has 0 saturated heterocycles. The molecule has 6 fully saturated rings. The number of rotatable bonds is 2. The first kappa shape index (κ1) is 19.8. The van der Waals surface area contributed by atoms with Crippen molar-refractivity contribution in [3.63, 3.8) is 0 Å². The van der Waals surface area contributed by atoms with E-state index in [4.69, 9.17) is 11.5 Å². The van der Waals surface area contributed by atoms with Crippen LogP contribution in [0.3, 0.4) is 0 Å². The van der Waals surface area contributed by atoms with E-state index >= 15 is 0 Å². The van der Waals surface area contributed by atoms with E-state index < -0.39 is 0 Å². The molecule has 6 N–H and O–H groups in total. The van der Waals surface area contributed by atoms with Crippen molar-refractivity contribution in [1.82, 2.24) is 0 Å². The van der Waals surface area contributed by atoms with Gasteiger partial charge >= 0.3 is 0 Å². The average Bonchev–Trinajstić information content (AvgIpc) is 2.63. The third-order valence-corrected chi connectivity index (χ3v) is 10.6. The minimum atomic E-state index is -0.313. The van der Waals surface area contributed by atoms with E-state index in [1.54, 1.807) is 0 Å². The number of hydrogen-bond donors (Lipinski definition) is 4. The van der Waals surface area contributed by atoms with Crippen molar-refractivity contribution in [2.75, 3.05) is 0 Å².